The lowest BCUT2D eigenvalue weighted by atomic mass is 10.3. The van der Waals surface area contributed by atoms with E-state index in [1.165, 1.54) is 4.57 Å². The zero-order chi connectivity index (χ0) is 15.0. The number of alkyl halides is 3. The molecule has 2 aromatic heterocycles. The number of halogens is 3. The first-order valence-corrected chi connectivity index (χ1v) is 6.52. The van der Waals surface area contributed by atoms with Gasteiger partial charge in [0.25, 0.3) is 0 Å². The van der Waals surface area contributed by atoms with Crippen molar-refractivity contribution in [3.05, 3.63) is 35.9 Å². The SMILES string of the molecule is N#CCc1nc2ccccc2n1-c1nc(C(F)(F)F)ns1. The molecule has 3 aromatic rings. The van der Waals surface area contributed by atoms with Gasteiger partial charge < -0.3 is 0 Å². The third-order valence-electron chi connectivity index (χ3n) is 2.73. The first kappa shape index (κ1) is 13.5. The second-order valence-electron chi connectivity index (χ2n) is 4.09. The standard InChI is InChI=1S/C12H6F3N5S/c13-12(14,15)10-18-11(21-19-10)20-8-4-2-1-3-7(8)17-9(20)5-6-16/h1-4H,5H2. The van der Waals surface area contributed by atoms with Crippen molar-refractivity contribution in [3.8, 4) is 11.2 Å². The van der Waals surface area contributed by atoms with Crippen LogP contribution >= 0.6 is 11.5 Å². The average molecular weight is 309 g/mol. The topological polar surface area (TPSA) is 67.4 Å². The van der Waals surface area contributed by atoms with Crippen LogP contribution in [0.5, 0.6) is 0 Å². The molecule has 0 bridgehead atoms. The van der Waals surface area contributed by atoms with Gasteiger partial charge in [0.2, 0.25) is 11.0 Å². The van der Waals surface area contributed by atoms with Crippen LogP contribution in [0.4, 0.5) is 13.2 Å². The first-order valence-electron chi connectivity index (χ1n) is 5.75. The lowest BCUT2D eigenvalue weighted by Crippen LogP contribution is -2.08. The Labute approximate surface area is 120 Å². The molecule has 0 aliphatic heterocycles. The molecule has 0 fully saturated rings. The van der Waals surface area contributed by atoms with Gasteiger partial charge in [0.1, 0.15) is 5.82 Å². The Kier molecular flexibility index (Phi) is 3.10. The maximum absolute atomic E-state index is 12.6. The molecule has 0 aliphatic rings. The highest BCUT2D eigenvalue weighted by atomic mass is 32.1. The number of hydrogen-bond acceptors (Lipinski definition) is 5. The molecule has 0 saturated heterocycles. The van der Waals surface area contributed by atoms with Crippen molar-refractivity contribution in [1.82, 2.24) is 18.9 Å². The molecular weight excluding hydrogens is 303 g/mol. The van der Waals surface area contributed by atoms with E-state index in [0.717, 1.165) is 0 Å². The van der Waals surface area contributed by atoms with Gasteiger partial charge in [-0.15, -0.1) is 0 Å². The van der Waals surface area contributed by atoms with E-state index in [4.69, 9.17) is 5.26 Å². The summed E-state index contributed by atoms with van der Waals surface area (Å²) in [5.74, 6) is -0.855. The van der Waals surface area contributed by atoms with Crippen LogP contribution in [0.2, 0.25) is 0 Å². The smallest absolute Gasteiger partial charge is 0.269 e. The molecule has 0 N–H and O–H groups in total. The van der Waals surface area contributed by atoms with Crippen LogP contribution in [-0.2, 0) is 12.6 Å². The number of hydrogen-bond donors (Lipinski definition) is 0. The number of rotatable bonds is 2. The molecule has 9 heteroatoms. The minimum absolute atomic E-state index is 0.0321. The van der Waals surface area contributed by atoms with Crippen molar-refractivity contribution < 1.29 is 13.2 Å². The van der Waals surface area contributed by atoms with E-state index in [0.29, 0.717) is 28.4 Å². The van der Waals surface area contributed by atoms with Gasteiger partial charge in [0, 0.05) is 11.5 Å². The highest BCUT2D eigenvalue weighted by Crippen LogP contribution is 2.30. The Morgan fingerprint density at radius 3 is 2.67 bits per heavy atom. The van der Waals surface area contributed by atoms with E-state index in [1.54, 1.807) is 24.3 Å². The van der Waals surface area contributed by atoms with Gasteiger partial charge in [0.15, 0.2) is 0 Å². The van der Waals surface area contributed by atoms with Gasteiger partial charge >= 0.3 is 6.18 Å². The van der Waals surface area contributed by atoms with Gasteiger partial charge in [-0.3, -0.25) is 4.57 Å². The molecule has 0 spiro atoms. The Morgan fingerprint density at radius 2 is 2.00 bits per heavy atom. The van der Waals surface area contributed by atoms with Crippen LogP contribution in [-0.4, -0.2) is 18.9 Å². The van der Waals surface area contributed by atoms with Gasteiger partial charge in [-0.05, 0) is 12.1 Å². The molecule has 0 atom stereocenters. The molecule has 3 rings (SSSR count). The predicted octanol–water partition coefficient (Wildman–Crippen LogP) is 2.96. The van der Waals surface area contributed by atoms with E-state index in [-0.39, 0.29) is 11.6 Å². The lowest BCUT2D eigenvalue weighted by Gasteiger charge is -2.02. The summed E-state index contributed by atoms with van der Waals surface area (Å²) in [6.45, 7) is 0. The fourth-order valence-electron chi connectivity index (χ4n) is 1.90. The Morgan fingerprint density at radius 1 is 1.24 bits per heavy atom. The first-order chi connectivity index (χ1) is 10.0. The molecule has 0 aliphatic carbocycles. The second kappa shape index (κ2) is 4.82. The van der Waals surface area contributed by atoms with E-state index in [9.17, 15) is 13.2 Å². The minimum atomic E-state index is -4.60. The number of para-hydroxylation sites is 2. The molecule has 2 heterocycles. The van der Waals surface area contributed by atoms with Gasteiger partial charge in [-0.25, -0.2) is 4.98 Å². The fraction of sp³-hybridized carbons (Fsp3) is 0.167. The molecule has 21 heavy (non-hydrogen) atoms. The summed E-state index contributed by atoms with van der Waals surface area (Å²) in [5.41, 5.74) is 1.18. The third-order valence-corrected chi connectivity index (χ3v) is 3.43. The van der Waals surface area contributed by atoms with Gasteiger partial charge in [-0.1, -0.05) is 12.1 Å². The van der Waals surface area contributed by atoms with E-state index < -0.39 is 12.0 Å². The van der Waals surface area contributed by atoms with Crippen molar-refractivity contribution >= 4 is 22.6 Å². The number of nitrogens with zero attached hydrogens (tertiary/aromatic N) is 5. The quantitative estimate of drug-likeness (QED) is 0.730. The molecule has 106 valence electrons. The minimum Gasteiger partial charge on any atom is -0.269 e. The molecule has 5 nitrogen and oxygen atoms in total. The maximum atomic E-state index is 12.6. The molecule has 1 aromatic carbocycles. The highest BCUT2D eigenvalue weighted by molar-refractivity contribution is 7.08. The highest BCUT2D eigenvalue weighted by Gasteiger charge is 2.36. The Balaban J connectivity index is 2.21. The van der Waals surface area contributed by atoms with Crippen molar-refractivity contribution in [2.45, 2.75) is 12.6 Å². The number of aromatic nitrogens is 4. The van der Waals surface area contributed by atoms with Crippen molar-refractivity contribution in [2.75, 3.05) is 0 Å². The number of imidazole rings is 1. The van der Waals surface area contributed by atoms with Crippen LogP contribution in [0.25, 0.3) is 16.2 Å². The van der Waals surface area contributed by atoms with Crippen LogP contribution in [0, 0.1) is 11.3 Å². The molecule has 0 unspecified atom stereocenters. The summed E-state index contributed by atoms with van der Waals surface area (Å²) in [6.07, 6.45) is -4.63. The summed E-state index contributed by atoms with van der Waals surface area (Å²) < 4.78 is 42.6. The molecule has 0 saturated carbocycles. The van der Waals surface area contributed by atoms with Crippen LogP contribution < -0.4 is 0 Å². The Hall–Kier alpha value is -2.47. The number of benzene rings is 1. The van der Waals surface area contributed by atoms with Gasteiger partial charge in [-0.2, -0.15) is 27.8 Å². The van der Waals surface area contributed by atoms with E-state index >= 15 is 0 Å². The fourth-order valence-corrected chi connectivity index (χ4v) is 2.63. The van der Waals surface area contributed by atoms with E-state index in [1.807, 2.05) is 6.07 Å². The molecule has 0 radical (unpaired) electrons. The average Bonchev–Trinajstić information content (AvgIpc) is 3.01. The third kappa shape index (κ3) is 2.34. The Bertz CT molecular complexity index is 843. The maximum Gasteiger partial charge on any atom is 0.452 e. The molecule has 0 amide bonds. The number of fused-ring (bicyclic) bond motifs is 1. The lowest BCUT2D eigenvalue weighted by molar-refractivity contribution is -0.144. The normalized spacial score (nSPS) is 11.7. The summed E-state index contributed by atoms with van der Waals surface area (Å²) >= 11 is 0.621. The summed E-state index contributed by atoms with van der Waals surface area (Å²) in [5, 5.41) is 8.88. The molecular formula is C12H6F3N5S. The van der Waals surface area contributed by atoms with Crippen molar-refractivity contribution in [1.29, 1.82) is 5.26 Å². The van der Waals surface area contributed by atoms with Crippen LogP contribution in [0.1, 0.15) is 11.6 Å². The number of nitriles is 1. The van der Waals surface area contributed by atoms with Crippen molar-refractivity contribution in [2.24, 2.45) is 0 Å². The monoisotopic (exact) mass is 309 g/mol. The van der Waals surface area contributed by atoms with E-state index in [2.05, 4.69) is 14.3 Å². The summed E-state index contributed by atoms with van der Waals surface area (Å²) in [7, 11) is 0. The zero-order valence-electron chi connectivity index (χ0n) is 10.3. The summed E-state index contributed by atoms with van der Waals surface area (Å²) in [4.78, 5) is 7.76. The van der Waals surface area contributed by atoms with Crippen molar-refractivity contribution in [3.63, 3.8) is 0 Å². The zero-order valence-corrected chi connectivity index (χ0v) is 11.1. The summed E-state index contributed by atoms with van der Waals surface area (Å²) in [6, 6.07) is 8.87. The predicted molar refractivity (Wildman–Crippen MR) is 68.9 cm³/mol. The van der Waals surface area contributed by atoms with Crippen LogP contribution in [0.15, 0.2) is 24.3 Å². The van der Waals surface area contributed by atoms with Gasteiger partial charge in [0.05, 0.1) is 23.5 Å². The van der Waals surface area contributed by atoms with Crippen LogP contribution in [0.3, 0.4) is 0 Å². The largest absolute Gasteiger partial charge is 0.452 e. The second-order valence-corrected chi connectivity index (χ2v) is 4.82.